The lowest BCUT2D eigenvalue weighted by molar-refractivity contribution is -0.132. The molecule has 0 aliphatic heterocycles. The fraction of sp³-hybridized carbons (Fsp3) is 0.167. The van der Waals surface area contributed by atoms with Crippen molar-refractivity contribution in [3.8, 4) is 6.07 Å². The van der Waals surface area contributed by atoms with Gasteiger partial charge >= 0.3 is 5.97 Å². The highest BCUT2D eigenvalue weighted by molar-refractivity contribution is 5.93. The van der Waals surface area contributed by atoms with Gasteiger partial charge in [0.2, 0.25) is 5.91 Å². The number of nitrogens with two attached hydrogens (primary N) is 2. The van der Waals surface area contributed by atoms with Crippen LogP contribution in [0.5, 0.6) is 0 Å². The first-order valence-corrected chi connectivity index (χ1v) is 2.89. The fourth-order valence-corrected chi connectivity index (χ4v) is 0.533. The maximum absolute atomic E-state index is 10.3. The van der Waals surface area contributed by atoms with Crippen molar-refractivity contribution in [1.29, 1.82) is 5.26 Å². The summed E-state index contributed by atoms with van der Waals surface area (Å²) in [5.41, 5.74) is 8.87. The van der Waals surface area contributed by atoms with E-state index in [1.807, 2.05) is 0 Å². The highest BCUT2D eigenvalue weighted by Crippen LogP contribution is 2.01. The van der Waals surface area contributed by atoms with Crippen molar-refractivity contribution in [3.05, 3.63) is 11.3 Å². The summed E-state index contributed by atoms with van der Waals surface area (Å²) >= 11 is 0. The Morgan fingerprint density at radius 3 is 2.17 bits per heavy atom. The minimum absolute atomic E-state index is 0.322. The zero-order valence-electron chi connectivity index (χ0n) is 6.07. The number of hydrogen-bond acceptors (Lipinski definition) is 4. The summed E-state index contributed by atoms with van der Waals surface area (Å²) in [4.78, 5) is 20.5. The van der Waals surface area contributed by atoms with Crippen molar-refractivity contribution in [2.24, 2.45) is 11.5 Å². The van der Waals surface area contributed by atoms with E-state index in [-0.39, 0.29) is 5.70 Å². The number of nitrogens with zero attached hydrogens (tertiary/aromatic N) is 1. The van der Waals surface area contributed by atoms with Gasteiger partial charge in [-0.3, -0.25) is 4.79 Å². The number of hydrogen-bond donors (Lipinski definition) is 3. The van der Waals surface area contributed by atoms with Crippen molar-refractivity contribution in [2.75, 3.05) is 0 Å². The van der Waals surface area contributed by atoms with Crippen LogP contribution in [0.2, 0.25) is 0 Å². The van der Waals surface area contributed by atoms with Crippen molar-refractivity contribution < 1.29 is 14.7 Å². The zero-order chi connectivity index (χ0) is 9.72. The third-order valence-corrected chi connectivity index (χ3v) is 1.01. The van der Waals surface area contributed by atoms with E-state index < -0.39 is 23.9 Å². The van der Waals surface area contributed by atoms with Gasteiger partial charge in [0.15, 0.2) is 5.57 Å². The molecule has 64 valence electrons. The number of nitriles is 1. The molecule has 0 aliphatic rings. The third-order valence-electron chi connectivity index (χ3n) is 1.01. The lowest BCUT2D eigenvalue weighted by atomic mass is 10.2. The lowest BCUT2D eigenvalue weighted by Crippen LogP contribution is -2.18. The highest BCUT2D eigenvalue weighted by atomic mass is 16.4. The second-order valence-corrected chi connectivity index (χ2v) is 1.96. The molecule has 0 spiro atoms. The fourth-order valence-electron chi connectivity index (χ4n) is 0.533. The number of carbonyl (C=O) groups is 2. The van der Waals surface area contributed by atoms with Gasteiger partial charge in [-0.15, -0.1) is 0 Å². The molecule has 0 unspecified atom stereocenters. The summed E-state index contributed by atoms with van der Waals surface area (Å²) in [6, 6.07) is 1.35. The van der Waals surface area contributed by atoms with Crippen LogP contribution in [0.25, 0.3) is 0 Å². The molecular weight excluding hydrogens is 162 g/mol. The standard InChI is InChI=1S/C6H7N3O3/c7-2-3(6(11)12)4(8)1-5(9)10/h1,8H2,(H2,9,10)(H,11,12). The quantitative estimate of drug-likeness (QED) is 0.356. The molecule has 0 rings (SSSR count). The topological polar surface area (TPSA) is 130 Å². The van der Waals surface area contributed by atoms with Gasteiger partial charge in [-0.05, 0) is 0 Å². The average molecular weight is 169 g/mol. The largest absolute Gasteiger partial charge is 0.477 e. The van der Waals surface area contributed by atoms with E-state index in [1.165, 1.54) is 6.07 Å². The van der Waals surface area contributed by atoms with Gasteiger partial charge in [-0.1, -0.05) is 0 Å². The van der Waals surface area contributed by atoms with Crippen LogP contribution >= 0.6 is 0 Å². The Bertz CT molecular complexity index is 287. The molecule has 0 aromatic carbocycles. The average Bonchev–Trinajstić information content (AvgIpc) is 1.85. The van der Waals surface area contributed by atoms with Crippen LogP contribution in [-0.4, -0.2) is 17.0 Å². The minimum Gasteiger partial charge on any atom is -0.477 e. The summed E-state index contributed by atoms with van der Waals surface area (Å²) in [7, 11) is 0. The molecule has 0 saturated heterocycles. The molecule has 0 fully saturated rings. The first-order chi connectivity index (χ1) is 5.49. The Morgan fingerprint density at radius 1 is 1.42 bits per heavy atom. The van der Waals surface area contributed by atoms with E-state index in [1.54, 1.807) is 0 Å². The summed E-state index contributed by atoms with van der Waals surface area (Å²) in [6.45, 7) is 0. The number of carboxylic acids is 1. The van der Waals surface area contributed by atoms with Crippen molar-refractivity contribution >= 4 is 11.9 Å². The molecule has 0 atom stereocenters. The molecule has 0 radical (unpaired) electrons. The number of carboxylic acid groups (broad SMARTS) is 1. The molecular formula is C6H7N3O3. The van der Waals surface area contributed by atoms with Crippen molar-refractivity contribution in [1.82, 2.24) is 0 Å². The Balaban J connectivity index is 4.76. The summed E-state index contributed by atoms with van der Waals surface area (Å²) < 4.78 is 0. The molecule has 0 aromatic heterocycles. The van der Waals surface area contributed by atoms with E-state index in [4.69, 9.17) is 21.8 Å². The van der Waals surface area contributed by atoms with E-state index in [9.17, 15) is 9.59 Å². The number of primary amides is 1. The molecule has 0 bridgehead atoms. The normalized spacial score (nSPS) is 11.2. The van der Waals surface area contributed by atoms with Gasteiger partial charge in [0.05, 0.1) is 6.42 Å². The van der Waals surface area contributed by atoms with E-state index >= 15 is 0 Å². The molecule has 12 heavy (non-hydrogen) atoms. The van der Waals surface area contributed by atoms with Gasteiger partial charge < -0.3 is 16.6 Å². The second kappa shape index (κ2) is 3.98. The molecule has 0 heterocycles. The van der Waals surface area contributed by atoms with Crippen molar-refractivity contribution in [3.63, 3.8) is 0 Å². The Morgan fingerprint density at radius 2 is 1.92 bits per heavy atom. The molecule has 5 N–H and O–H groups in total. The van der Waals surface area contributed by atoms with Crippen LogP contribution in [0.3, 0.4) is 0 Å². The minimum atomic E-state index is -1.46. The maximum atomic E-state index is 10.3. The molecule has 0 aliphatic carbocycles. The van der Waals surface area contributed by atoms with Crippen LogP contribution in [0.1, 0.15) is 6.42 Å². The molecule has 6 heteroatoms. The second-order valence-electron chi connectivity index (χ2n) is 1.96. The van der Waals surface area contributed by atoms with E-state index in [0.29, 0.717) is 0 Å². The van der Waals surface area contributed by atoms with Crippen LogP contribution in [0.15, 0.2) is 11.3 Å². The first kappa shape index (κ1) is 9.97. The maximum Gasteiger partial charge on any atom is 0.348 e. The predicted octanol–water partition coefficient (Wildman–Crippen LogP) is -1.32. The first-order valence-electron chi connectivity index (χ1n) is 2.89. The number of rotatable bonds is 3. The third kappa shape index (κ3) is 2.70. The van der Waals surface area contributed by atoms with Crippen LogP contribution in [0, 0.1) is 11.3 Å². The van der Waals surface area contributed by atoms with Gasteiger partial charge in [-0.2, -0.15) is 5.26 Å². The Hall–Kier alpha value is -2.03. The smallest absolute Gasteiger partial charge is 0.348 e. The van der Waals surface area contributed by atoms with Gasteiger partial charge in [0, 0.05) is 5.70 Å². The van der Waals surface area contributed by atoms with E-state index in [0.717, 1.165) is 0 Å². The Labute approximate surface area is 68.1 Å². The molecule has 6 nitrogen and oxygen atoms in total. The van der Waals surface area contributed by atoms with E-state index in [2.05, 4.69) is 0 Å². The lowest BCUT2D eigenvalue weighted by Gasteiger charge is -1.97. The number of amides is 1. The molecule has 0 aromatic rings. The molecule has 0 saturated carbocycles. The number of aliphatic carboxylic acids is 1. The van der Waals surface area contributed by atoms with Crippen LogP contribution in [-0.2, 0) is 9.59 Å². The van der Waals surface area contributed by atoms with Crippen molar-refractivity contribution in [2.45, 2.75) is 6.42 Å². The highest BCUT2D eigenvalue weighted by Gasteiger charge is 2.12. The summed E-state index contributed by atoms with van der Waals surface area (Å²) in [5, 5.41) is 16.6. The summed E-state index contributed by atoms with van der Waals surface area (Å²) in [6.07, 6.45) is -0.421. The predicted molar refractivity (Wildman–Crippen MR) is 38.3 cm³/mol. The zero-order valence-corrected chi connectivity index (χ0v) is 6.07. The Kier molecular flexibility index (Phi) is 3.30. The number of carbonyl (C=O) groups excluding carboxylic acids is 1. The SMILES string of the molecule is N#CC(C(=O)O)=C(N)CC(N)=O. The molecule has 1 amide bonds. The summed E-state index contributed by atoms with van der Waals surface area (Å²) in [5.74, 6) is -2.24. The van der Waals surface area contributed by atoms with Gasteiger partial charge in [0.25, 0.3) is 0 Å². The van der Waals surface area contributed by atoms with Crippen LogP contribution < -0.4 is 11.5 Å². The van der Waals surface area contributed by atoms with Crippen LogP contribution in [0.4, 0.5) is 0 Å². The van der Waals surface area contributed by atoms with Gasteiger partial charge in [0.1, 0.15) is 6.07 Å². The van der Waals surface area contributed by atoms with Gasteiger partial charge in [-0.25, -0.2) is 4.79 Å². The monoisotopic (exact) mass is 169 g/mol.